The first-order valence-corrected chi connectivity index (χ1v) is 4.56. The van der Waals surface area contributed by atoms with Crippen LogP contribution in [0.2, 0.25) is 0 Å². The van der Waals surface area contributed by atoms with Gasteiger partial charge >= 0.3 is 0 Å². The van der Waals surface area contributed by atoms with E-state index in [-0.39, 0.29) is 0 Å². The molecule has 1 aromatic rings. The molecular weight excluding hydrogens is 162 g/mol. The molecular formula is C10H17N3. The lowest BCUT2D eigenvalue weighted by atomic mass is 10.2. The zero-order chi connectivity index (χ0) is 9.84. The number of hydrogen-bond acceptors (Lipinski definition) is 3. The van der Waals surface area contributed by atoms with Gasteiger partial charge in [0.2, 0.25) is 0 Å². The Morgan fingerprint density at radius 1 is 1.46 bits per heavy atom. The summed E-state index contributed by atoms with van der Waals surface area (Å²) < 4.78 is 0. The molecule has 13 heavy (non-hydrogen) atoms. The molecule has 0 atom stereocenters. The van der Waals surface area contributed by atoms with E-state index in [1.165, 1.54) is 0 Å². The molecule has 0 aliphatic carbocycles. The van der Waals surface area contributed by atoms with Crippen molar-refractivity contribution in [3.05, 3.63) is 23.4 Å². The molecule has 0 radical (unpaired) electrons. The molecule has 0 fully saturated rings. The van der Waals surface area contributed by atoms with Crippen LogP contribution in [0.5, 0.6) is 0 Å². The number of anilines is 1. The van der Waals surface area contributed by atoms with Gasteiger partial charge in [0.25, 0.3) is 0 Å². The lowest BCUT2D eigenvalue weighted by Gasteiger charge is -2.19. The highest BCUT2D eigenvalue weighted by atomic mass is 15.2. The summed E-state index contributed by atoms with van der Waals surface area (Å²) in [6.45, 7) is 5.59. The van der Waals surface area contributed by atoms with Gasteiger partial charge in [0.05, 0.1) is 0 Å². The van der Waals surface area contributed by atoms with E-state index in [9.17, 15) is 0 Å². The zero-order valence-corrected chi connectivity index (χ0v) is 8.54. The maximum absolute atomic E-state index is 5.63. The second-order valence-corrected chi connectivity index (χ2v) is 3.15. The molecule has 72 valence electrons. The van der Waals surface area contributed by atoms with Crippen LogP contribution in [0.3, 0.4) is 0 Å². The minimum Gasteiger partial charge on any atom is -0.360 e. The topological polar surface area (TPSA) is 42.2 Å². The van der Waals surface area contributed by atoms with Crippen molar-refractivity contribution in [3.8, 4) is 0 Å². The number of hydrogen-bond donors (Lipinski definition) is 1. The van der Waals surface area contributed by atoms with E-state index in [4.69, 9.17) is 5.73 Å². The van der Waals surface area contributed by atoms with Gasteiger partial charge in [-0.2, -0.15) is 0 Å². The molecule has 0 aliphatic rings. The summed E-state index contributed by atoms with van der Waals surface area (Å²) in [4.78, 5) is 6.57. The molecule has 1 heterocycles. The van der Waals surface area contributed by atoms with Crippen LogP contribution >= 0.6 is 0 Å². The molecule has 1 aromatic heterocycles. The molecule has 3 nitrogen and oxygen atoms in total. The average Bonchev–Trinajstić information content (AvgIpc) is 2.16. The average molecular weight is 179 g/mol. The lowest BCUT2D eigenvalue weighted by Crippen LogP contribution is -2.20. The van der Waals surface area contributed by atoms with Crippen LogP contribution < -0.4 is 10.6 Å². The van der Waals surface area contributed by atoms with Crippen molar-refractivity contribution in [3.63, 3.8) is 0 Å². The van der Waals surface area contributed by atoms with Crippen LogP contribution in [0.4, 0.5) is 5.82 Å². The Morgan fingerprint density at radius 2 is 2.15 bits per heavy atom. The van der Waals surface area contributed by atoms with Crippen LogP contribution in [0.1, 0.15) is 18.2 Å². The van der Waals surface area contributed by atoms with Crippen molar-refractivity contribution in [2.24, 2.45) is 5.73 Å². The lowest BCUT2D eigenvalue weighted by molar-refractivity contribution is 0.901. The highest BCUT2D eigenvalue weighted by molar-refractivity contribution is 5.46. The summed E-state index contributed by atoms with van der Waals surface area (Å²) in [6, 6.07) is 4.04. The summed E-state index contributed by atoms with van der Waals surface area (Å²) in [5.74, 6) is 1.00. The first kappa shape index (κ1) is 9.99. The maximum Gasteiger partial charge on any atom is 0.133 e. The first-order valence-electron chi connectivity index (χ1n) is 4.56. The third-order valence-electron chi connectivity index (χ3n) is 2.15. The van der Waals surface area contributed by atoms with E-state index in [0.29, 0.717) is 6.54 Å². The molecule has 0 aromatic carbocycles. The largest absolute Gasteiger partial charge is 0.360 e. The molecule has 1 rings (SSSR count). The number of nitrogens with zero attached hydrogens (tertiary/aromatic N) is 2. The van der Waals surface area contributed by atoms with Gasteiger partial charge in [0.1, 0.15) is 5.82 Å². The fraction of sp³-hybridized carbons (Fsp3) is 0.500. The first-order chi connectivity index (χ1) is 6.19. The Balaban J connectivity index is 3.07. The van der Waals surface area contributed by atoms with Gasteiger partial charge in [-0.3, -0.25) is 0 Å². The monoisotopic (exact) mass is 179 g/mol. The van der Waals surface area contributed by atoms with E-state index in [1.807, 2.05) is 26.1 Å². The fourth-order valence-corrected chi connectivity index (χ4v) is 1.21. The van der Waals surface area contributed by atoms with Crippen molar-refractivity contribution in [2.45, 2.75) is 20.4 Å². The van der Waals surface area contributed by atoms with Gasteiger partial charge in [0, 0.05) is 31.4 Å². The van der Waals surface area contributed by atoms with Gasteiger partial charge in [-0.05, 0) is 19.9 Å². The van der Waals surface area contributed by atoms with Crippen LogP contribution in [-0.4, -0.2) is 18.6 Å². The van der Waals surface area contributed by atoms with E-state index in [2.05, 4.69) is 16.8 Å². The van der Waals surface area contributed by atoms with Gasteiger partial charge < -0.3 is 10.6 Å². The smallest absolute Gasteiger partial charge is 0.133 e. The van der Waals surface area contributed by atoms with E-state index in [0.717, 1.165) is 23.6 Å². The van der Waals surface area contributed by atoms with Crippen LogP contribution in [0, 0.1) is 6.92 Å². The van der Waals surface area contributed by atoms with Crippen molar-refractivity contribution in [1.82, 2.24) is 4.98 Å². The molecule has 0 spiro atoms. The highest BCUT2D eigenvalue weighted by Gasteiger charge is 2.06. The second-order valence-electron chi connectivity index (χ2n) is 3.15. The SMILES string of the molecule is CCN(C)c1nc(C)ccc1CN. The van der Waals surface area contributed by atoms with Crippen LogP contribution in [0.15, 0.2) is 12.1 Å². The predicted molar refractivity (Wildman–Crippen MR) is 55.8 cm³/mol. The third-order valence-corrected chi connectivity index (χ3v) is 2.15. The number of aryl methyl sites for hydroxylation is 1. The molecule has 0 saturated carbocycles. The molecule has 0 unspecified atom stereocenters. The number of nitrogens with two attached hydrogens (primary N) is 1. The maximum atomic E-state index is 5.63. The summed E-state index contributed by atoms with van der Waals surface area (Å²) in [5, 5.41) is 0. The number of rotatable bonds is 3. The van der Waals surface area contributed by atoms with E-state index in [1.54, 1.807) is 0 Å². The molecule has 3 heteroatoms. The third kappa shape index (κ3) is 2.18. The summed E-state index contributed by atoms with van der Waals surface area (Å²) in [7, 11) is 2.03. The Labute approximate surface area is 79.6 Å². The standard InChI is InChI=1S/C10H17N3/c1-4-13(3)10-9(7-11)6-5-8(2)12-10/h5-6H,4,7,11H2,1-3H3. The molecule has 0 aliphatic heterocycles. The predicted octanol–water partition coefficient (Wildman–Crippen LogP) is 1.30. The molecule has 0 amide bonds. The van der Waals surface area contributed by atoms with E-state index < -0.39 is 0 Å². The van der Waals surface area contributed by atoms with Crippen molar-refractivity contribution in [2.75, 3.05) is 18.5 Å². The number of pyridine rings is 1. The Kier molecular flexibility index (Phi) is 3.25. The van der Waals surface area contributed by atoms with Crippen molar-refractivity contribution < 1.29 is 0 Å². The Hall–Kier alpha value is -1.09. The summed E-state index contributed by atoms with van der Waals surface area (Å²) >= 11 is 0. The number of aromatic nitrogens is 1. The fourth-order valence-electron chi connectivity index (χ4n) is 1.21. The van der Waals surface area contributed by atoms with Crippen molar-refractivity contribution >= 4 is 5.82 Å². The Morgan fingerprint density at radius 3 is 2.69 bits per heavy atom. The second kappa shape index (κ2) is 4.23. The van der Waals surface area contributed by atoms with E-state index >= 15 is 0 Å². The van der Waals surface area contributed by atoms with Gasteiger partial charge in [-0.1, -0.05) is 6.07 Å². The van der Waals surface area contributed by atoms with Gasteiger partial charge in [-0.25, -0.2) is 4.98 Å². The van der Waals surface area contributed by atoms with Crippen LogP contribution in [-0.2, 0) is 6.54 Å². The van der Waals surface area contributed by atoms with Crippen molar-refractivity contribution in [1.29, 1.82) is 0 Å². The highest BCUT2D eigenvalue weighted by Crippen LogP contribution is 2.16. The molecule has 0 saturated heterocycles. The molecule has 2 N–H and O–H groups in total. The Bertz CT molecular complexity index is 283. The van der Waals surface area contributed by atoms with Crippen LogP contribution in [0.25, 0.3) is 0 Å². The minimum absolute atomic E-state index is 0.549. The quantitative estimate of drug-likeness (QED) is 0.760. The zero-order valence-electron chi connectivity index (χ0n) is 8.54. The minimum atomic E-state index is 0.549. The summed E-state index contributed by atoms with van der Waals surface area (Å²) in [5.41, 5.74) is 7.77. The normalized spacial score (nSPS) is 10.2. The summed E-state index contributed by atoms with van der Waals surface area (Å²) in [6.07, 6.45) is 0. The molecule has 0 bridgehead atoms. The van der Waals surface area contributed by atoms with Gasteiger partial charge in [-0.15, -0.1) is 0 Å². The van der Waals surface area contributed by atoms with Gasteiger partial charge in [0.15, 0.2) is 0 Å².